The summed E-state index contributed by atoms with van der Waals surface area (Å²) in [6.07, 6.45) is 28.7. The Kier molecular flexibility index (Phi) is 19.2. The molecule has 0 heterocycles. The molecule has 0 aliphatic heterocycles. The van der Waals surface area contributed by atoms with Gasteiger partial charge in [-0.15, -0.1) is 0 Å². The van der Waals surface area contributed by atoms with E-state index in [0.717, 1.165) is 44.3 Å². The van der Waals surface area contributed by atoms with Crippen LogP contribution in [0.4, 0.5) is 0 Å². The summed E-state index contributed by atoms with van der Waals surface area (Å²) in [5, 5.41) is 8.75. The van der Waals surface area contributed by atoms with Gasteiger partial charge in [0, 0.05) is 6.42 Å². The third-order valence-corrected chi connectivity index (χ3v) is 4.50. The molecular formula is C23H38O2S. The van der Waals surface area contributed by atoms with Gasteiger partial charge in [0.25, 0.3) is 0 Å². The third-order valence-electron chi connectivity index (χ3n) is 4.18. The van der Waals surface area contributed by atoms with E-state index >= 15 is 0 Å². The highest BCUT2D eigenvalue weighted by Gasteiger charge is 2.05. The van der Waals surface area contributed by atoms with Crippen molar-refractivity contribution >= 4 is 18.6 Å². The maximum atomic E-state index is 10.6. The van der Waals surface area contributed by atoms with E-state index in [1.54, 1.807) is 0 Å². The molecule has 0 fully saturated rings. The topological polar surface area (TPSA) is 37.3 Å². The SMILES string of the molecule is CCCCC/C=C\C/C=C\C/C=C\C=C\C(CCCS)CCCC(=O)O. The largest absolute Gasteiger partial charge is 0.481 e. The van der Waals surface area contributed by atoms with Crippen molar-refractivity contribution in [1.29, 1.82) is 0 Å². The number of aliphatic carboxylic acids is 1. The van der Waals surface area contributed by atoms with Gasteiger partial charge in [-0.05, 0) is 63.0 Å². The van der Waals surface area contributed by atoms with Crippen LogP contribution in [0, 0.1) is 5.92 Å². The van der Waals surface area contributed by atoms with E-state index in [1.807, 2.05) is 0 Å². The molecule has 3 heteroatoms. The van der Waals surface area contributed by atoms with Crippen LogP contribution in [0.1, 0.15) is 77.6 Å². The van der Waals surface area contributed by atoms with Crippen molar-refractivity contribution in [3.05, 3.63) is 48.6 Å². The lowest BCUT2D eigenvalue weighted by molar-refractivity contribution is -0.137. The molecule has 0 rings (SSSR count). The lowest BCUT2D eigenvalue weighted by Crippen LogP contribution is -2.00. The fourth-order valence-corrected chi connectivity index (χ4v) is 2.84. The standard InChI is InChI=1S/C23H38O2S/c1-2-3-4-5-6-7-8-9-10-11-12-13-14-17-22(19-16-21-26)18-15-20-23(24)25/h6-7,9-10,12-14,17,22,26H,2-5,8,11,15-16,18-21H2,1H3,(H,24,25)/b7-6-,10-9-,13-12-,17-14+. The minimum absolute atomic E-state index is 0.263. The van der Waals surface area contributed by atoms with Crippen molar-refractivity contribution in [1.82, 2.24) is 0 Å². The number of hydrogen-bond acceptors (Lipinski definition) is 2. The molecule has 0 spiro atoms. The van der Waals surface area contributed by atoms with Crippen molar-refractivity contribution in [2.75, 3.05) is 5.75 Å². The zero-order chi connectivity index (χ0) is 19.3. The first-order valence-electron chi connectivity index (χ1n) is 10.2. The van der Waals surface area contributed by atoms with E-state index in [1.165, 1.54) is 25.7 Å². The Morgan fingerprint density at radius 2 is 1.62 bits per heavy atom. The molecule has 1 N–H and O–H groups in total. The molecule has 0 aliphatic carbocycles. The Bertz CT molecular complexity index is 435. The highest BCUT2D eigenvalue weighted by molar-refractivity contribution is 7.80. The van der Waals surface area contributed by atoms with Crippen molar-refractivity contribution in [3.8, 4) is 0 Å². The molecule has 0 radical (unpaired) electrons. The molecule has 0 aliphatic rings. The molecule has 0 saturated carbocycles. The molecule has 0 saturated heterocycles. The maximum Gasteiger partial charge on any atom is 0.303 e. The predicted octanol–water partition coefficient (Wildman–Crippen LogP) is 7.15. The molecule has 26 heavy (non-hydrogen) atoms. The highest BCUT2D eigenvalue weighted by Crippen LogP contribution is 2.17. The van der Waals surface area contributed by atoms with Crippen LogP contribution >= 0.6 is 12.6 Å². The Hall–Kier alpha value is -1.22. The summed E-state index contributed by atoms with van der Waals surface area (Å²) in [6, 6.07) is 0. The van der Waals surface area contributed by atoms with Crippen molar-refractivity contribution in [3.63, 3.8) is 0 Å². The molecule has 0 aromatic heterocycles. The number of unbranched alkanes of at least 4 members (excludes halogenated alkanes) is 3. The molecule has 2 nitrogen and oxygen atoms in total. The van der Waals surface area contributed by atoms with Gasteiger partial charge in [-0.3, -0.25) is 4.79 Å². The van der Waals surface area contributed by atoms with Gasteiger partial charge in [-0.1, -0.05) is 68.4 Å². The van der Waals surface area contributed by atoms with E-state index in [0.29, 0.717) is 5.92 Å². The molecule has 1 unspecified atom stereocenters. The molecule has 1 atom stereocenters. The number of carboxylic acids is 1. The Morgan fingerprint density at radius 3 is 2.31 bits per heavy atom. The summed E-state index contributed by atoms with van der Waals surface area (Å²) in [4.78, 5) is 10.6. The van der Waals surface area contributed by atoms with Crippen LogP contribution in [0.3, 0.4) is 0 Å². The predicted molar refractivity (Wildman–Crippen MR) is 118 cm³/mol. The van der Waals surface area contributed by atoms with Gasteiger partial charge in [-0.25, -0.2) is 0 Å². The average Bonchev–Trinajstić information content (AvgIpc) is 2.62. The van der Waals surface area contributed by atoms with Crippen molar-refractivity contribution < 1.29 is 9.90 Å². The molecule has 0 aromatic carbocycles. The van der Waals surface area contributed by atoms with Crippen LogP contribution < -0.4 is 0 Å². The van der Waals surface area contributed by atoms with E-state index in [-0.39, 0.29) is 6.42 Å². The fourth-order valence-electron chi connectivity index (χ4n) is 2.66. The number of allylic oxidation sites excluding steroid dienone is 8. The van der Waals surface area contributed by atoms with Crippen molar-refractivity contribution in [2.24, 2.45) is 5.92 Å². The molecule has 0 aromatic rings. The van der Waals surface area contributed by atoms with Crippen LogP contribution in [0.25, 0.3) is 0 Å². The Labute approximate surface area is 166 Å². The smallest absolute Gasteiger partial charge is 0.303 e. The summed E-state index contributed by atoms with van der Waals surface area (Å²) < 4.78 is 0. The third kappa shape index (κ3) is 19.1. The quantitative estimate of drug-likeness (QED) is 0.122. The summed E-state index contributed by atoms with van der Waals surface area (Å²) in [5.74, 6) is 0.640. The van der Waals surface area contributed by atoms with Gasteiger partial charge in [0.05, 0.1) is 0 Å². The van der Waals surface area contributed by atoms with Crippen LogP contribution in [-0.2, 0) is 4.79 Å². The maximum absolute atomic E-state index is 10.6. The minimum Gasteiger partial charge on any atom is -0.481 e. The minimum atomic E-state index is -0.704. The number of carboxylic acid groups (broad SMARTS) is 1. The number of thiol groups is 1. The first kappa shape index (κ1) is 24.8. The zero-order valence-corrected chi connectivity index (χ0v) is 17.4. The van der Waals surface area contributed by atoms with Crippen molar-refractivity contribution in [2.45, 2.75) is 77.6 Å². The summed E-state index contributed by atoms with van der Waals surface area (Å²) >= 11 is 4.27. The average molecular weight is 379 g/mol. The van der Waals surface area contributed by atoms with E-state index in [9.17, 15) is 4.79 Å². The second kappa shape index (κ2) is 20.1. The van der Waals surface area contributed by atoms with Gasteiger partial charge in [0.1, 0.15) is 0 Å². The monoisotopic (exact) mass is 378 g/mol. The molecule has 148 valence electrons. The van der Waals surface area contributed by atoms with Gasteiger partial charge >= 0.3 is 5.97 Å². The highest BCUT2D eigenvalue weighted by atomic mass is 32.1. The van der Waals surface area contributed by atoms with Gasteiger partial charge in [0.2, 0.25) is 0 Å². The Balaban J connectivity index is 3.93. The van der Waals surface area contributed by atoms with Gasteiger partial charge in [0.15, 0.2) is 0 Å². The first-order chi connectivity index (χ1) is 12.7. The second-order valence-corrected chi connectivity index (χ2v) is 7.08. The van der Waals surface area contributed by atoms with Crippen LogP contribution in [0.2, 0.25) is 0 Å². The Morgan fingerprint density at radius 1 is 0.923 bits per heavy atom. The molecule has 0 amide bonds. The normalized spacial score (nSPS) is 13.6. The van der Waals surface area contributed by atoms with Crippen LogP contribution in [0.15, 0.2) is 48.6 Å². The van der Waals surface area contributed by atoms with E-state index < -0.39 is 5.97 Å². The summed E-state index contributed by atoms with van der Waals surface area (Å²) in [7, 11) is 0. The second-order valence-electron chi connectivity index (χ2n) is 6.63. The summed E-state index contributed by atoms with van der Waals surface area (Å²) in [5.41, 5.74) is 0. The van der Waals surface area contributed by atoms with Gasteiger partial charge < -0.3 is 5.11 Å². The number of hydrogen-bond donors (Lipinski definition) is 2. The van der Waals surface area contributed by atoms with E-state index in [2.05, 4.69) is 68.2 Å². The van der Waals surface area contributed by atoms with Crippen LogP contribution in [-0.4, -0.2) is 16.8 Å². The zero-order valence-electron chi connectivity index (χ0n) is 16.5. The molecule has 0 bridgehead atoms. The van der Waals surface area contributed by atoms with Gasteiger partial charge in [-0.2, -0.15) is 12.6 Å². The van der Waals surface area contributed by atoms with E-state index in [4.69, 9.17) is 5.11 Å². The lowest BCUT2D eigenvalue weighted by atomic mass is 9.96. The number of rotatable bonds is 17. The number of carbonyl (C=O) groups is 1. The molecular weight excluding hydrogens is 340 g/mol. The fraction of sp³-hybridized carbons (Fsp3) is 0.609. The van der Waals surface area contributed by atoms with Crippen LogP contribution in [0.5, 0.6) is 0 Å². The summed E-state index contributed by atoms with van der Waals surface area (Å²) in [6.45, 7) is 2.23. The lowest BCUT2D eigenvalue weighted by Gasteiger charge is -2.10. The first-order valence-corrected chi connectivity index (χ1v) is 10.8.